The highest BCUT2D eigenvalue weighted by atomic mass is 35.5. The zero-order valence-corrected chi connectivity index (χ0v) is 14.3. The first-order chi connectivity index (χ1) is 11.1. The van der Waals surface area contributed by atoms with Crippen LogP contribution in [0, 0.1) is 0 Å². The average molecular weight is 357 g/mol. The number of benzene rings is 1. The SMILES string of the molecule is COC(=O)NC(C[C@H](C)N)[C@H]1COc2ccc3cn[nH]c3c2O1.Cl. The van der Waals surface area contributed by atoms with E-state index in [1.54, 1.807) is 6.20 Å². The molecule has 9 heteroatoms. The fourth-order valence-electron chi connectivity index (χ4n) is 2.67. The highest BCUT2D eigenvalue weighted by Crippen LogP contribution is 2.38. The minimum atomic E-state index is -0.523. The van der Waals surface area contributed by atoms with Crippen LogP contribution in [0.4, 0.5) is 4.79 Å². The number of hydrogen-bond donors (Lipinski definition) is 3. The van der Waals surface area contributed by atoms with Crippen LogP contribution in [0.2, 0.25) is 0 Å². The van der Waals surface area contributed by atoms with Gasteiger partial charge in [0.15, 0.2) is 17.6 Å². The Morgan fingerprint density at radius 3 is 3.08 bits per heavy atom. The second-order valence-corrected chi connectivity index (χ2v) is 5.65. The molecule has 8 nitrogen and oxygen atoms in total. The number of nitrogens with one attached hydrogen (secondary N) is 2. The maximum absolute atomic E-state index is 11.6. The third kappa shape index (κ3) is 3.65. The van der Waals surface area contributed by atoms with E-state index in [1.165, 1.54) is 7.11 Å². The van der Waals surface area contributed by atoms with E-state index in [1.807, 2.05) is 19.1 Å². The summed E-state index contributed by atoms with van der Waals surface area (Å²) in [5.74, 6) is 1.24. The molecule has 0 aliphatic carbocycles. The summed E-state index contributed by atoms with van der Waals surface area (Å²) in [6, 6.07) is 3.32. The Morgan fingerprint density at radius 1 is 1.58 bits per heavy atom. The summed E-state index contributed by atoms with van der Waals surface area (Å²) in [5.41, 5.74) is 6.65. The first-order valence-corrected chi connectivity index (χ1v) is 7.44. The second kappa shape index (κ2) is 7.59. The van der Waals surface area contributed by atoms with Crippen molar-refractivity contribution < 1.29 is 19.0 Å². The van der Waals surface area contributed by atoms with Crippen LogP contribution in [-0.4, -0.2) is 48.2 Å². The third-order valence-electron chi connectivity index (χ3n) is 3.77. The Balaban J connectivity index is 0.00000208. The Morgan fingerprint density at radius 2 is 2.38 bits per heavy atom. The lowest BCUT2D eigenvalue weighted by molar-refractivity contribution is 0.0576. The van der Waals surface area contributed by atoms with E-state index in [4.69, 9.17) is 15.2 Å². The molecule has 4 N–H and O–H groups in total. The number of halogens is 1. The van der Waals surface area contributed by atoms with Gasteiger partial charge in [-0.05, 0) is 25.5 Å². The molecule has 1 aliphatic heterocycles. The van der Waals surface area contributed by atoms with Gasteiger partial charge in [0.2, 0.25) is 0 Å². The molecule has 24 heavy (non-hydrogen) atoms. The molecular weight excluding hydrogens is 336 g/mol. The molecule has 2 aromatic rings. The number of nitrogens with two attached hydrogens (primary N) is 1. The minimum absolute atomic E-state index is 0. The molecule has 0 spiro atoms. The van der Waals surface area contributed by atoms with E-state index in [9.17, 15) is 4.79 Å². The van der Waals surface area contributed by atoms with Gasteiger partial charge in [0.1, 0.15) is 12.1 Å². The van der Waals surface area contributed by atoms with E-state index in [2.05, 4.69) is 20.3 Å². The molecule has 1 aromatic carbocycles. The number of nitrogens with zero attached hydrogens (tertiary/aromatic N) is 1. The lowest BCUT2D eigenvalue weighted by atomic mass is 10.0. The highest BCUT2D eigenvalue weighted by Gasteiger charge is 2.32. The number of carbonyl (C=O) groups is 1. The number of fused-ring (bicyclic) bond motifs is 3. The van der Waals surface area contributed by atoms with Crippen molar-refractivity contribution in [3.8, 4) is 11.5 Å². The van der Waals surface area contributed by atoms with Crippen molar-refractivity contribution in [2.24, 2.45) is 5.73 Å². The maximum atomic E-state index is 11.6. The van der Waals surface area contributed by atoms with Gasteiger partial charge in [-0.3, -0.25) is 5.10 Å². The number of hydrogen-bond acceptors (Lipinski definition) is 6. The summed E-state index contributed by atoms with van der Waals surface area (Å²) >= 11 is 0. The first-order valence-electron chi connectivity index (χ1n) is 7.44. The predicted octanol–water partition coefficient (Wildman–Crippen LogP) is 1.59. The lowest BCUT2D eigenvalue weighted by Gasteiger charge is -2.33. The van der Waals surface area contributed by atoms with Crippen molar-refractivity contribution in [3.63, 3.8) is 0 Å². The molecule has 3 atom stereocenters. The number of methoxy groups -OCH3 is 1. The number of H-pyrrole nitrogens is 1. The van der Waals surface area contributed by atoms with Gasteiger partial charge in [0.05, 0.1) is 19.3 Å². The topological polar surface area (TPSA) is 111 Å². The minimum Gasteiger partial charge on any atom is -0.486 e. The number of aromatic amines is 1. The van der Waals surface area contributed by atoms with Gasteiger partial charge < -0.3 is 25.3 Å². The van der Waals surface area contributed by atoms with E-state index >= 15 is 0 Å². The Labute approximate surface area is 145 Å². The largest absolute Gasteiger partial charge is 0.486 e. The quantitative estimate of drug-likeness (QED) is 0.767. The van der Waals surface area contributed by atoms with Crippen LogP contribution in [0.25, 0.3) is 10.9 Å². The van der Waals surface area contributed by atoms with E-state index in [0.29, 0.717) is 24.5 Å². The van der Waals surface area contributed by atoms with Gasteiger partial charge in [0.25, 0.3) is 0 Å². The molecule has 2 heterocycles. The second-order valence-electron chi connectivity index (χ2n) is 5.65. The molecule has 0 saturated carbocycles. The summed E-state index contributed by atoms with van der Waals surface area (Å²) in [6.45, 7) is 2.19. The van der Waals surface area contributed by atoms with Gasteiger partial charge >= 0.3 is 6.09 Å². The Kier molecular flexibility index (Phi) is 5.74. The highest BCUT2D eigenvalue weighted by molar-refractivity contribution is 5.87. The Bertz CT molecular complexity index is 706. The van der Waals surface area contributed by atoms with Gasteiger partial charge in [0, 0.05) is 11.4 Å². The number of ether oxygens (including phenoxy) is 3. The predicted molar refractivity (Wildman–Crippen MR) is 90.8 cm³/mol. The number of amides is 1. The van der Waals surface area contributed by atoms with Gasteiger partial charge in [-0.25, -0.2) is 4.79 Å². The molecule has 1 aliphatic rings. The fourth-order valence-corrected chi connectivity index (χ4v) is 2.67. The molecule has 3 rings (SSSR count). The number of carbonyl (C=O) groups excluding carboxylic acids is 1. The first kappa shape index (κ1) is 18.2. The van der Waals surface area contributed by atoms with Crippen LogP contribution in [0.5, 0.6) is 11.5 Å². The van der Waals surface area contributed by atoms with E-state index in [0.717, 1.165) is 10.9 Å². The fraction of sp³-hybridized carbons (Fsp3) is 0.467. The number of alkyl carbamates (subject to hydrolysis) is 1. The standard InChI is InChI=1S/C15H20N4O4.ClH/c1-8(16)5-10(18-15(20)21-2)12-7-22-11-4-3-9-6-17-19-13(9)14(11)23-12;/h3-4,6,8,10,12H,5,7,16H2,1-2H3,(H,17,19)(H,18,20);1H/t8-,10?,12+;/m0./s1. The molecule has 0 radical (unpaired) electrons. The summed E-state index contributed by atoms with van der Waals surface area (Å²) in [6.07, 6.45) is 1.36. The zero-order chi connectivity index (χ0) is 16.4. The number of rotatable bonds is 4. The van der Waals surface area contributed by atoms with Gasteiger partial charge in [-0.15, -0.1) is 12.4 Å². The monoisotopic (exact) mass is 356 g/mol. The summed E-state index contributed by atoms with van der Waals surface area (Å²) < 4.78 is 16.6. The third-order valence-corrected chi connectivity index (χ3v) is 3.77. The molecule has 0 saturated heterocycles. The van der Waals surface area contributed by atoms with Crippen molar-refractivity contribution >= 4 is 29.4 Å². The lowest BCUT2D eigenvalue weighted by Crippen LogP contribution is -2.51. The van der Waals surface area contributed by atoms with Crippen LogP contribution in [-0.2, 0) is 4.74 Å². The van der Waals surface area contributed by atoms with Gasteiger partial charge in [-0.2, -0.15) is 5.10 Å². The molecular formula is C15H21ClN4O4. The molecule has 1 unspecified atom stereocenters. The van der Waals surface area contributed by atoms with Crippen molar-refractivity contribution in [3.05, 3.63) is 18.3 Å². The smallest absolute Gasteiger partial charge is 0.407 e. The van der Waals surface area contributed by atoms with Crippen LogP contribution < -0.4 is 20.5 Å². The van der Waals surface area contributed by atoms with E-state index < -0.39 is 6.09 Å². The van der Waals surface area contributed by atoms with Crippen molar-refractivity contribution in [1.29, 1.82) is 0 Å². The molecule has 1 aromatic heterocycles. The van der Waals surface area contributed by atoms with Crippen molar-refractivity contribution in [1.82, 2.24) is 15.5 Å². The number of aromatic nitrogens is 2. The summed E-state index contributed by atoms with van der Waals surface area (Å²) in [7, 11) is 1.32. The van der Waals surface area contributed by atoms with Crippen molar-refractivity contribution in [2.75, 3.05) is 13.7 Å². The van der Waals surface area contributed by atoms with E-state index in [-0.39, 0.29) is 30.6 Å². The van der Waals surface area contributed by atoms with Crippen LogP contribution in [0.3, 0.4) is 0 Å². The summed E-state index contributed by atoms with van der Waals surface area (Å²) in [4.78, 5) is 11.6. The molecule has 0 bridgehead atoms. The summed E-state index contributed by atoms with van der Waals surface area (Å²) in [5, 5.41) is 10.6. The maximum Gasteiger partial charge on any atom is 0.407 e. The zero-order valence-electron chi connectivity index (χ0n) is 13.4. The van der Waals surface area contributed by atoms with Gasteiger partial charge in [-0.1, -0.05) is 0 Å². The molecule has 1 amide bonds. The molecule has 0 fully saturated rings. The van der Waals surface area contributed by atoms with Crippen LogP contribution >= 0.6 is 12.4 Å². The van der Waals surface area contributed by atoms with Crippen LogP contribution in [0.1, 0.15) is 13.3 Å². The molecule has 132 valence electrons. The van der Waals surface area contributed by atoms with Crippen molar-refractivity contribution in [2.45, 2.75) is 31.5 Å². The Hall–Kier alpha value is -2.19. The van der Waals surface area contributed by atoms with Crippen LogP contribution in [0.15, 0.2) is 18.3 Å². The normalized spacial score (nSPS) is 18.4. The average Bonchev–Trinajstić information content (AvgIpc) is 3.02.